The number of rotatable bonds is 6. The minimum absolute atomic E-state index is 0.293. The van der Waals surface area contributed by atoms with Crippen molar-refractivity contribution in [2.45, 2.75) is 19.3 Å². The predicted molar refractivity (Wildman–Crippen MR) is 221 cm³/mol. The highest BCUT2D eigenvalue weighted by molar-refractivity contribution is 6.12. The van der Waals surface area contributed by atoms with Crippen LogP contribution in [0.3, 0.4) is 0 Å². The summed E-state index contributed by atoms with van der Waals surface area (Å²) in [6, 6.07) is 57.0. The number of nitrogens with zero attached hydrogens (tertiary/aromatic N) is 4. The van der Waals surface area contributed by atoms with E-state index in [1.807, 2.05) is 36.9 Å². The molecular formula is C49H36N4. The van der Waals surface area contributed by atoms with E-state index >= 15 is 0 Å². The maximum Gasteiger partial charge on any atom is 0.0645 e. The summed E-state index contributed by atoms with van der Waals surface area (Å²) in [5, 5.41) is 7.24. The van der Waals surface area contributed by atoms with Gasteiger partial charge in [-0.2, -0.15) is 0 Å². The number of fused-ring (bicyclic) bond motifs is 7. The van der Waals surface area contributed by atoms with E-state index < -0.39 is 0 Å². The Balaban J connectivity index is 1.20. The van der Waals surface area contributed by atoms with Gasteiger partial charge < -0.3 is 9.80 Å². The van der Waals surface area contributed by atoms with Crippen LogP contribution < -0.4 is 9.80 Å². The van der Waals surface area contributed by atoms with Gasteiger partial charge in [-0.3, -0.25) is 9.97 Å². The Labute approximate surface area is 309 Å². The van der Waals surface area contributed by atoms with Gasteiger partial charge in [-0.1, -0.05) is 117 Å². The van der Waals surface area contributed by atoms with Crippen LogP contribution >= 0.6 is 0 Å². The number of benzene rings is 7. The Morgan fingerprint density at radius 2 is 0.962 bits per heavy atom. The van der Waals surface area contributed by atoms with E-state index in [-0.39, 0.29) is 5.41 Å². The van der Waals surface area contributed by atoms with Gasteiger partial charge in [0.05, 0.1) is 40.8 Å². The van der Waals surface area contributed by atoms with Crippen LogP contribution in [0.2, 0.25) is 0 Å². The van der Waals surface area contributed by atoms with Gasteiger partial charge in [0.1, 0.15) is 0 Å². The zero-order chi connectivity index (χ0) is 35.5. The average molecular weight is 681 g/mol. The summed E-state index contributed by atoms with van der Waals surface area (Å²) in [7, 11) is 0. The third-order valence-electron chi connectivity index (χ3n) is 11.0. The lowest BCUT2D eigenvalue weighted by atomic mass is 9.81. The summed E-state index contributed by atoms with van der Waals surface area (Å²) in [6.45, 7) is 4.75. The summed E-state index contributed by atoms with van der Waals surface area (Å²) >= 11 is 0. The average Bonchev–Trinajstić information content (AvgIpc) is 3.44. The molecule has 0 unspecified atom stereocenters. The Morgan fingerprint density at radius 1 is 0.415 bits per heavy atom. The highest BCUT2D eigenvalue weighted by Gasteiger charge is 2.38. The smallest absolute Gasteiger partial charge is 0.0645 e. The maximum atomic E-state index is 4.59. The van der Waals surface area contributed by atoms with E-state index in [9.17, 15) is 0 Å². The summed E-state index contributed by atoms with van der Waals surface area (Å²) in [5.41, 5.74) is 11.4. The van der Waals surface area contributed by atoms with E-state index in [1.165, 1.54) is 54.6 Å². The van der Waals surface area contributed by atoms with Gasteiger partial charge in [0, 0.05) is 39.7 Å². The van der Waals surface area contributed by atoms with Crippen LogP contribution in [0.5, 0.6) is 0 Å². The normalized spacial score (nSPS) is 12.9. The van der Waals surface area contributed by atoms with E-state index in [0.717, 1.165) is 34.1 Å². The lowest BCUT2D eigenvalue weighted by Gasteiger charge is -2.30. The fourth-order valence-corrected chi connectivity index (χ4v) is 8.49. The van der Waals surface area contributed by atoms with E-state index in [2.05, 4.69) is 179 Å². The second-order valence-corrected chi connectivity index (χ2v) is 14.3. The summed E-state index contributed by atoms with van der Waals surface area (Å²) in [4.78, 5) is 13.9. The van der Waals surface area contributed by atoms with Crippen molar-refractivity contribution in [3.8, 4) is 11.1 Å². The van der Waals surface area contributed by atoms with Crippen LogP contribution in [0.1, 0.15) is 25.0 Å². The summed E-state index contributed by atoms with van der Waals surface area (Å²) < 4.78 is 0. The first kappa shape index (κ1) is 31.0. The molecule has 0 fully saturated rings. The molecule has 0 atom stereocenters. The molecule has 2 heterocycles. The quantitative estimate of drug-likeness (QED) is 0.175. The molecule has 0 bridgehead atoms. The first-order valence-corrected chi connectivity index (χ1v) is 18.1. The van der Waals surface area contributed by atoms with Crippen molar-refractivity contribution < 1.29 is 0 Å². The number of aromatic nitrogens is 2. The number of pyridine rings is 2. The molecule has 9 aromatic rings. The number of hydrogen-bond donors (Lipinski definition) is 0. The Bertz CT molecular complexity index is 2820. The lowest BCUT2D eigenvalue weighted by molar-refractivity contribution is 0.661. The largest absolute Gasteiger partial charge is 0.308 e. The van der Waals surface area contributed by atoms with Crippen LogP contribution in [0.4, 0.5) is 34.1 Å². The molecule has 2 aromatic heterocycles. The second kappa shape index (κ2) is 12.2. The molecule has 0 saturated heterocycles. The SMILES string of the molecule is CC1(C)c2cc(N(c3cccnc3)c3cccc4ccccc34)ccc2-c2c1cc(N(c1cccnc1)c1cccc3ccccc13)c1ccccc21. The molecule has 0 saturated carbocycles. The van der Waals surface area contributed by atoms with E-state index in [0.29, 0.717) is 0 Å². The predicted octanol–water partition coefficient (Wildman–Crippen LogP) is 13.2. The monoisotopic (exact) mass is 680 g/mol. The molecule has 4 heteroatoms. The third-order valence-corrected chi connectivity index (χ3v) is 11.0. The number of hydrogen-bond acceptors (Lipinski definition) is 4. The third kappa shape index (κ3) is 4.91. The number of anilines is 6. The van der Waals surface area contributed by atoms with Gasteiger partial charge in [0.25, 0.3) is 0 Å². The molecule has 53 heavy (non-hydrogen) atoms. The molecule has 1 aliphatic carbocycles. The van der Waals surface area contributed by atoms with Gasteiger partial charge in [-0.25, -0.2) is 0 Å². The van der Waals surface area contributed by atoms with Crippen LogP contribution in [0.15, 0.2) is 183 Å². The minimum Gasteiger partial charge on any atom is -0.308 e. The minimum atomic E-state index is -0.293. The van der Waals surface area contributed by atoms with Gasteiger partial charge in [-0.05, 0) is 93.0 Å². The topological polar surface area (TPSA) is 32.3 Å². The molecule has 252 valence electrons. The van der Waals surface area contributed by atoms with Crippen molar-refractivity contribution in [3.63, 3.8) is 0 Å². The zero-order valence-corrected chi connectivity index (χ0v) is 29.6. The second-order valence-electron chi connectivity index (χ2n) is 14.3. The molecule has 0 N–H and O–H groups in total. The zero-order valence-electron chi connectivity index (χ0n) is 29.6. The first-order valence-electron chi connectivity index (χ1n) is 18.1. The Morgan fingerprint density at radius 3 is 1.58 bits per heavy atom. The molecule has 0 radical (unpaired) electrons. The van der Waals surface area contributed by atoms with Crippen molar-refractivity contribution in [3.05, 3.63) is 194 Å². The fraction of sp³-hybridized carbons (Fsp3) is 0.0612. The van der Waals surface area contributed by atoms with Gasteiger partial charge >= 0.3 is 0 Å². The molecule has 4 nitrogen and oxygen atoms in total. The molecule has 7 aromatic carbocycles. The van der Waals surface area contributed by atoms with E-state index in [1.54, 1.807) is 0 Å². The Kier molecular flexibility index (Phi) is 7.12. The molecule has 0 spiro atoms. The highest BCUT2D eigenvalue weighted by atomic mass is 15.2. The van der Waals surface area contributed by atoms with Gasteiger partial charge in [0.2, 0.25) is 0 Å². The van der Waals surface area contributed by atoms with Crippen molar-refractivity contribution in [2.75, 3.05) is 9.80 Å². The van der Waals surface area contributed by atoms with Crippen LogP contribution in [-0.4, -0.2) is 9.97 Å². The first-order chi connectivity index (χ1) is 26.1. The van der Waals surface area contributed by atoms with Crippen LogP contribution in [0.25, 0.3) is 43.4 Å². The molecule has 1 aliphatic rings. The molecule has 0 aliphatic heterocycles. The maximum absolute atomic E-state index is 4.59. The van der Waals surface area contributed by atoms with Crippen molar-refractivity contribution in [1.29, 1.82) is 0 Å². The van der Waals surface area contributed by atoms with Gasteiger partial charge in [-0.15, -0.1) is 0 Å². The summed E-state index contributed by atoms with van der Waals surface area (Å²) in [6.07, 6.45) is 7.60. The fourth-order valence-electron chi connectivity index (χ4n) is 8.49. The van der Waals surface area contributed by atoms with Gasteiger partial charge in [0.15, 0.2) is 0 Å². The van der Waals surface area contributed by atoms with E-state index in [4.69, 9.17) is 0 Å². The van der Waals surface area contributed by atoms with Crippen LogP contribution in [-0.2, 0) is 5.41 Å². The lowest BCUT2D eigenvalue weighted by Crippen LogP contribution is -2.18. The van der Waals surface area contributed by atoms with Crippen molar-refractivity contribution in [1.82, 2.24) is 9.97 Å². The van der Waals surface area contributed by atoms with Crippen LogP contribution in [0, 0.1) is 0 Å². The molecule has 10 rings (SSSR count). The standard InChI is InChI=1S/C49H36N4/c1-49(2)43-29-35(52(36-17-11-27-50-31-36)45-23-9-15-33-13-3-5-19-38(33)45)25-26-42(43)48-41-22-8-7-21-40(41)47(30-44(48)49)53(37-18-12-28-51-32-37)46-24-10-16-34-14-4-6-20-39(34)46/h3-32H,1-2H3. The molecular weight excluding hydrogens is 645 g/mol. The Hall–Kier alpha value is -6.78. The molecule has 0 amide bonds. The van der Waals surface area contributed by atoms with Crippen molar-refractivity contribution in [2.24, 2.45) is 0 Å². The highest BCUT2D eigenvalue weighted by Crippen LogP contribution is 2.56. The summed E-state index contributed by atoms with van der Waals surface area (Å²) in [5.74, 6) is 0. The van der Waals surface area contributed by atoms with Crippen molar-refractivity contribution >= 4 is 66.4 Å².